The van der Waals surface area contributed by atoms with E-state index in [0.717, 1.165) is 11.0 Å². The molecule has 0 aliphatic carbocycles. The number of fused-ring (bicyclic) bond motifs is 1. The van der Waals surface area contributed by atoms with E-state index in [1.54, 1.807) is 0 Å². The Labute approximate surface area is 132 Å². The molecule has 1 aromatic carbocycles. The lowest BCUT2D eigenvalue weighted by Gasteiger charge is -1.79. The van der Waals surface area contributed by atoms with Gasteiger partial charge in [0.25, 0.3) is 0 Å². The highest BCUT2D eigenvalue weighted by Gasteiger charge is 1.90. The first-order valence-electron chi connectivity index (χ1n) is 6.24. The summed E-state index contributed by atoms with van der Waals surface area (Å²) in [4.78, 5) is 0. The van der Waals surface area contributed by atoms with E-state index in [1.807, 2.05) is 24.3 Å². The van der Waals surface area contributed by atoms with E-state index in [4.69, 9.17) is 0 Å². The van der Waals surface area contributed by atoms with Gasteiger partial charge in [-0.25, -0.2) is 15.3 Å². The van der Waals surface area contributed by atoms with Crippen LogP contribution < -0.4 is 0 Å². The minimum absolute atomic E-state index is 0.914. The average Bonchev–Trinajstić information content (AvgIpc) is 3.48. The standard InChI is InChI=1S/C6H5N3.3CH2N4/c1-2-4-6-5(3-1)7-9-8-6;3*1-2-4-5-3-1/h1-4H,(H,7,8,9);3*1H,(H,2,3,4,5). The summed E-state index contributed by atoms with van der Waals surface area (Å²) in [5, 5.41) is 46.5. The van der Waals surface area contributed by atoms with Crippen LogP contribution >= 0.6 is 0 Å². The molecule has 0 amide bonds. The molecule has 0 bridgehead atoms. The number of aromatic amines is 4. The third-order valence-corrected chi connectivity index (χ3v) is 2.04. The maximum atomic E-state index is 3.81. The Morgan fingerprint density at radius 1 is 0.625 bits per heavy atom. The summed E-state index contributed by atoms with van der Waals surface area (Å²) in [5.74, 6) is 0. The van der Waals surface area contributed by atoms with Crippen molar-refractivity contribution in [3.05, 3.63) is 43.2 Å². The molecule has 0 unspecified atom stereocenters. The van der Waals surface area contributed by atoms with Crippen molar-refractivity contribution in [2.45, 2.75) is 0 Å². The van der Waals surface area contributed by atoms with Crippen LogP contribution in [0.25, 0.3) is 11.0 Å². The summed E-state index contributed by atoms with van der Waals surface area (Å²) in [6.45, 7) is 0. The third-order valence-electron chi connectivity index (χ3n) is 2.04. The Hall–Kier alpha value is -4.17. The number of H-pyrrole nitrogens is 4. The van der Waals surface area contributed by atoms with E-state index in [2.05, 4.69) is 77.3 Å². The van der Waals surface area contributed by atoms with Crippen molar-refractivity contribution >= 4 is 11.0 Å². The fraction of sp³-hybridized carbons (Fsp3) is 0. The maximum absolute atomic E-state index is 3.81. The Morgan fingerprint density at radius 2 is 1.17 bits per heavy atom. The first-order chi connectivity index (χ1) is 12.0. The molecule has 0 saturated carbocycles. The van der Waals surface area contributed by atoms with Gasteiger partial charge in [0, 0.05) is 0 Å². The highest BCUT2D eigenvalue weighted by molar-refractivity contribution is 5.72. The SMILES string of the molecule is c1ccc2[nH]nnc2c1.c1nnn[nH]1.c1nnn[nH]1.c1nnn[nH]1. The average molecular weight is 329 g/mol. The lowest BCUT2D eigenvalue weighted by atomic mass is 10.3. The van der Waals surface area contributed by atoms with Gasteiger partial charge < -0.3 is 0 Å². The van der Waals surface area contributed by atoms with Crippen molar-refractivity contribution in [1.29, 1.82) is 0 Å². The minimum Gasteiger partial charge on any atom is -0.258 e. The van der Waals surface area contributed by atoms with Crippen molar-refractivity contribution in [3.63, 3.8) is 0 Å². The molecule has 122 valence electrons. The van der Waals surface area contributed by atoms with Gasteiger partial charge in [-0.05, 0) is 43.4 Å². The van der Waals surface area contributed by atoms with Gasteiger partial charge in [-0.3, -0.25) is 5.10 Å². The molecular formula is C9H11N15. The molecule has 0 aliphatic rings. The molecule has 4 heterocycles. The Bertz CT molecular complexity index is 673. The number of rotatable bonds is 0. The van der Waals surface area contributed by atoms with Crippen LogP contribution in [-0.2, 0) is 0 Å². The van der Waals surface area contributed by atoms with Crippen molar-refractivity contribution in [2.75, 3.05) is 0 Å². The molecule has 0 aliphatic heterocycles. The molecule has 0 saturated heterocycles. The molecule has 0 spiro atoms. The van der Waals surface area contributed by atoms with Gasteiger partial charge in [-0.15, -0.1) is 20.4 Å². The van der Waals surface area contributed by atoms with Gasteiger partial charge in [0.05, 0.1) is 5.52 Å². The Kier molecular flexibility index (Phi) is 7.12. The van der Waals surface area contributed by atoms with Crippen molar-refractivity contribution in [1.82, 2.24) is 77.3 Å². The molecule has 0 atom stereocenters. The van der Waals surface area contributed by atoms with Crippen LogP contribution in [0.15, 0.2) is 43.2 Å². The van der Waals surface area contributed by atoms with Crippen LogP contribution in [0, 0.1) is 0 Å². The summed E-state index contributed by atoms with van der Waals surface area (Å²) in [6.07, 6.45) is 4.21. The van der Waals surface area contributed by atoms with Gasteiger partial charge in [-0.2, -0.15) is 0 Å². The van der Waals surface area contributed by atoms with Crippen LogP contribution in [0.5, 0.6) is 0 Å². The molecule has 0 fully saturated rings. The van der Waals surface area contributed by atoms with Crippen molar-refractivity contribution in [2.24, 2.45) is 0 Å². The van der Waals surface area contributed by atoms with Crippen LogP contribution in [-0.4, -0.2) is 77.3 Å². The minimum atomic E-state index is 0.914. The van der Waals surface area contributed by atoms with Crippen molar-refractivity contribution in [3.8, 4) is 0 Å². The number of benzene rings is 1. The number of hydrogen-bond acceptors (Lipinski definition) is 11. The third kappa shape index (κ3) is 6.52. The topological polar surface area (TPSA) is 205 Å². The fourth-order valence-electron chi connectivity index (χ4n) is 1.18. The van der Waals surface area contributed by atoms with E-state index in [9.17, 15) is 0 Å². The zero-order valence-corrected chi connectivity index (χ0v) is 12.0. The second-order valence-electron chi connectivity index (χ2n) is 3.52. The predicted octanol–water partition coefficient (Wildman–Crippen LogP) is -1.44. The monoisotopic (exact) mass is 329 g/mol. The summed E-state index contributed by atoms with van der Waals surface area (Å²) in [7, 11) is 0. The zero-order chi connectivity index (χ0) is 16.7. The highest BCUT2D eigenvalue weighted by atomic mass is 15.5. The molecule has 4 aromatic heterocycles. The summed E-state index contributed by atoms with van der Waals surface area (Å²) >= 11 is 0. The predicted molar refractivity (Wildman–Crippen MR) is 76.4 cm³/mol. The van der Waals surface area contributed by atoms with E-state index in [0.29, 0.717) is 0 Å². The Balaban J connectivity index is 0.000000121. The second kappa shape index (κ2) is 10.5. The number of aromatic nitrogens is 15. The highest BCUT2D eigenvalue weighted by Crippen LogP contribution is 2.03. The van der Waals surface area contributed by atoms with Gasteiger partial charge in [0.2, 0.25) is 0 Å². The molecule has 15 heteroatoms. The van der Waals surface area contributed by atoms with E-state index < -0.39 is 0 Å². The van der Waals surface area contributed by atoms with Crippen molar-refractivity contribution < 1.29 is 0 Å². The van der Waals surface area contributed by atoms with Crippen LogP contribution in [0.4, 0.5) is 0 Å². The molecule has 5 aromatic rings. The maximum Gasteiger partial charge on any atom is 0.135 e. The lowest BCUT2D eigenvalue weighted by molar-refractivity contribution is 0.881. The van der Waals surface area contributed by atoms with Crippen LogP contribution in [0.1, 0.15) is 0 Å². The largest absolute Gasteiger partial charge is 0.258 e. The van der Waals surface area contributed by atoms with Gasteiger partial charge in [-0.1, -0.05) is 17.3 Å². The van der Waals surface area contributed by atoms with Crippen LogP contribution in [0.3, 0.4) is 0 Å². The fourth-order valence-corrected chi connectivity index (χ4v) is 1.18. The quantitative estimate of drug-likeness (QED) is 0.258. The van der Waals surface area contributed by atoms with Gasteiger partial charge in [0.1, 0.15) is 24.5 Å². The summed E-state index contributed by atoms with van der Waals surface area (Å²) in [6, 6.07) is 7.74. The number of tetrazole rings is 3. The molecule has 0 radical (unpaired) electrons. The van der Waals surface area contributed by atoms with E-state index in [-0.39, 0.29) is 0 Å². The number of nitrogens with one attached hydrogen (secondary N) is 4. The normalized spacial score (nSPS) is 8.83. The van der Waals surface area contributed by atoms with E-state index >= 15 is 0 Å². The number of para-hydroxylation sites is 1. The first-order valence-corrected chi connectivity index (χ1v) is 6.24. The van der Waals surface area contributed by atoms with Gasteiger partial charge >= 0.3 is 0 Å². The number of hydrogen-bond donors (Lipinski definition) is 4. The molecule has 15 nitrogen and oxygen atoms in total. The van der Waals surface area contributed by atoms with Crippen LogP contribution in [0.2, 0.25) is 0 Å². The molecule has 24 heavy (non-hydrogen) atoms. The summed E-state index contributed by atoms with van der Waals surface area (Å²) < 4.78 is 0. The lowest BCUT2D eigenvalue weighted by Crippen LogP contribution is -1.64. The summed E-state index contributed by atoms with van der Waals surface area (Å²) in [5.41, 5.74) is 1.90. The van der Waals surface area contributed by atoms with Gasteiger partial charge in [0.15, 0.2) is 0 Å². The Morgan fingerprint density at radius 3 is 1.54 bits per heavy atom. The molecule has 5 rings (SSSR count). The molecule has 4 N–H and O–H groups in total. The smallest absolute Gasteiger partial charge is 0.135 e. The first kappa shape index (κ1) is 16.2. The zero-order valence-electron chi connectivity index (χ0n) is 12.0. The van der Waals surface area contributed by atoms with E-state index in [1.165, 1.54) is 19.0 Å². The second-order valence-corrected chi connectivity index (χ2v) is 3.52. The number of nitrogens with zero attached hydrogens (tertiary/aromatic N) is 11. The molecular weight excluding hydrogens is 318 g/mol.